The monoisotopic (exact) mass is 367 g/mol. The third-order valence-corrected chi connectivity index (χ3v) is 4.34. The second-order valence-corrected chi connectivity index (χ2v) is 6.61. The van der Waals surface area contributed by atoms with E-state index in [4.69, 9.17) is 0 Å². The molecule has 0 saturated heterocycles. The van der Waals surface area contributed by atoms with E-state index in [1.165, 1.54) is 12.2 Å². The van der Waals surface area contributed by atoms with E-state index in [0.29, 0.717) is 17.6 Å². The van der Waals surface area contributed by atoms with Crippen LogP contribution in [-0.4, -0.2) is 24.4 Å². The van der Waals surface area contributed by atoms with Gasteiger partial charge in [0.05, 0.1) is 5.57 Å². The van der Waals surface area contributed by atoms with Crippen LogP contribution in [0, 0.1) is 5.92 Å². The third-order valence-electron chi connectivity index (χ3n) is 4.34. The summed E-state index contributed by atoms with van der Waals surface area (Å²) < 4.78 is 39.6. The quantitative estimate of drug-likeness (QED) is 0.582. The summed E-state index contributed by atoms with van der Waals surface area (Å²) in [6.45, 7) is 9.43. The molecule has 0 saturated carbocycles. The number of allylic oxidation sites excluding steroid dienone is 5. The van der Waals surface area contributed by atoms with Gasteiger partial charge in [-0.1, -0.05) is 45.1 Å². The Morgan fingerprint density at radius 3 is 2.46 bits per heavy atom. The van der Waals surface area contributed by atoms with Gasteiger partial charge in [-0.25, -0.2) is 0 Å². The van der Waals surface area contributed by atoms with Crippen molar-refractivity contribution in [1.29, 1.82) is 0 Å². The van der Waals surface area contributed by atoms with Crippen molar-refractivity contribution in [2.24, 2.45) is 5.92 Å². The van der Waals surface area contributed by atoms with Crippen LogP contribution in [0.1, 0.15) is 38.3 Å². The molecule has 26 heavy (non-hydrogen) atoms. The lowest BCUT2D eigenvalue weighted by molar-refractivity contribution is -0.0886. The smallest absolute Gasteiger partial charge is 0.416 e. The van der Waals surface area contributed by atoms with Crippen molar-refractivity contribution in [1.82, 2.24) is 5.32 Å². The molecule has 0 aliphatic heterocycles. The van der Waals surface area contributed by atoms with Crippen LogP contribution in [0.2, 0.25) is 0 Å². The maximum absolute atomic E-state index is 13.2. The van der Waals surface area contributed by atoms with Gasteiger partial charge in [0.25, 0.3) is 0 Å². The molecular formula is C21H28F3NO. The normalized spacial score (nSPS) is 15.3. The highest BCUT2D eigenvalue weighted by molar-refractivity contribution is 5.76. The first-order chi connectivity index (χ1) is 12.1. The van der Waals surface area contributed by atoms with Gasteiger partial charge in [0.2, 0.25) is 0 Å². The zero-order chi connectivity index (χ0) is 19.9. The maximum atomic E-state index is 13.2. The average molecular weight is 367 g/mol. The van der Waals surface area contributed by atoms with E-state index in [0.717, 1.165) is 18.1 Å². The van der Waals surface area contributed by atoms with E-state index >= 15 is 0 Å². The number of halogens is 3. The van der Waals surface area contributed by atoms with Crippen LogP contribution < -0.4 is 5.32 Å². The molecule has 1 aromatic carbocycles. The molecule has 2 atom stereocenters. The number of phenols is 1. The summed E-state index contributed by atoms with van der Waals surface area (Å²) in [6.07, 6.45) is 0.489. The molecule has 2 N–H and O–H groups in total. The van der Waals surface area contributed by atoms with Crippen LogP contribution in [0.3, 0.4) is 0 Å². The fourth-order valence-electron chi connectivity index (χ4n) is 2.37. The Labute approximate surface area is 154 Å². The van der Waals surface area contributed by atoms with Gasteiger partial charge in [0.1, 0.15) is 5.75 Å². The van der Waals surface area contributed by atoms with Gasteiger partial charge in [-0.15, -0.1) is 0 Å². The lowest BCUT2D eigenvalue weighted by atomic mass is 9.98. The van der Waals surface area contributed by atoms with Crippen molar-refractivity contribution in [2.75, 3.05) is 7.05 Å². The number of benzene rings is 1. The molecule has 1 aromatic rings. The second kappa shape index (κ2) is 9.62. The largest absolute Gasteiger partial charge is 0.507 e. The van der Waals surface area contributed by atoms with Gasteiger partial charge < -0.3 is 10.4 Å². The number of phenolic OH excluding ortho intramolecular Hbond substituents is 1. The number of rotatable bonds is 8. The third kappa shape index (κ3) is 6.71. The van der Waals surface area contributed by atoms with Gasteiger partial charge in [0, 0.05) is 11.6 Å². The molecule has 5 heteroatoms. The minimum Gasteiger partial charge on any atom is -0.507 e. The van der Waals surface area contributed by atoms with E-state index in [2.05, 4.69) is 11.9 Å². The van der Waals surface area contributed by atoms with Gasteiger partial charge in [-0.2, -0.15) is 13.2 Å². The summed E-state index contributed by atoms with van der Waals surface area (Å²) in [7, 11) is 1.86. The van der Waals surface area contributed by atoms with Crippen molar-refractivity contribution in [3.8, 4) is 5.75 Å². The number of likely N-dealkylation sites (N-methyl/N-ethyl adjacent to an activating group) is 1. The van der Waals surface area contributed by atoms with Gasteiger partial charge >= 0.3 is 6.18 Å². The molecule has 0 amide bonds. The number of aromatic hydroxyl groups is 1. The summed E-state index contributed by atoms with van der Waals surface area (Å²) >= 11 is 0. The summed E-state index contributed by atoms with van der Waals surface area (Å²) in [4.78, 5) is 0. The Balaban J connectivity index is 3.09. The second-order valence-electron chi connectivity index (χ2n) is 6.61. The summed E-state index contributed by atoms with van der Waals surface area (Å²) in [5.74, 6) is -0.177. The van der Waals surface area contributed by atoms with Crippen LogP contribution in [0.4, 0.5) is 13.2 Å². The lowest BCUT2D eigenvalue weighted by Crippen LogP contribution is -2.23. The first kappa shape index (κ1) is 22.0. The summed E-state index contributed by atoms with van der Waals surface area (Å²) in [5, 5.41) is 13.2. The van der Waals surface area contributed by atoms with Gasteiger partial charge in [-0.05, 0) is 55.7 Å². The van der Waals surface area contributed by atoms with E-state index in [1.54, 1.807) is 25.1 Å². The summed E-state index contributed by atoms with van der Waals surface area (Å²) in [5.41, 5.74) is 1.04. The molecule has 0 aromatic heterocycles. The Kier molecular flexibility index (Phi) is 8.15. The molecule has 0 spiro atoms. The highest BCUT2D eigenvalue weighted by Gasteiger charge is 2.31. The Morgan fingerprint density at radius 1 is 1.27 bits per heavy atom. The van der Waals surface area contributed by atoms with Crippen LogP contribution in [-0.2, 0) is 6.42 Å². The van der Waals surface area contributed by atoms with E-state index in [1.807, 2.05) is 20.9 Å². The number of hydrogen-bond donors (Lipinski definition) is 2. The minimum atomic E-state index is -4.42. The standard InChI is InChI=1S/C21H28F3NO/c1-6-14(2)11-18(21(22,23)24)9-7-15(3)19-13-17(8-10-20(19)26)12-16(4)25-5/h7-11,13-14,16,25-26H,3,6,12H2,1-2,4-5H3/b9-7-,18-11+. The molecule has 2 nitrogen and oxygen atoms in total. The topological polar surface area (TPSA) is 32.3 Å². The fraction of sp³-hybridized carbons (Fsp3) is 0.429. The Morgan fingerprint density at radius 2 is 1.92 bits per heavy atom. The van der Waals surface area contributed by atoms with E-state index in [-0.39, 0.29) is 17.7 Å². The SMILES string of the molecule is C=C(/C=C\C(=C/C(C)CC)C(F)(F)F)c1cc(CC(C)NC)ccc1O. The van der Waals surface area contributed by atoms with E-state index in [9.17, 15) is 18.3 Å². The molecule has 0 fully saturated rings. The Bertz CT molecular complexity index is 674. The molecule has 0 bridgehead atoms. The van der Waals surface area contributed by atoms with Crippen LogP contribution in [0.25, 0.3) is 5.57 Å². The number of alkyl halides is 3. The maximum Gasteiger partial charge on any atom is 0.416 e. The highest BCUT2D eigenvalue weighted by atomic mass is 19.4. The van der Waals surface area contributed by atoms with Crippen molar-refractivity contribution in [3.05, 3.63) is 59.7 Å². The van der Waals surface area contributed by atoms with Crippen molar-refractivity contribution >= 4 is 5.57 Å². The zero-order valence-corrected chi connectivity index (χ0v) is 15.8. The molecular weight excluding hydrogens is 339 g/mol. The zero-order valence-electron chi connectivity index (χ0n) is 15.8. The first-order valence-corrected chi connectivity index (χ1v) is 8.74. The highest BCUT2D eigenvalue weighted by Crippen LogP contribution is 2.31. The predicted molar refractivity (Wildman–Crippen MR) is 102 cm³/mol. The van der Waals surface area contributed by atoms with Crippen molar-refractivity contribution in [3.63, 3.8) is 0 Å². The molecule has 0 aliphatic carbocycles. The number of hydrogen-bond acceptors (Lipinski definition) is 2. The molecule has 2 unspecified atom stereocenters. The van der Waals surface area contributed by atoms with Gasteiger partial charge in [-0.3, -0.25) is 0 Å². The molecule has 144 valence electrons. The van der Waals surface area contributed by atoms with Crippen LogP contribution >= 0.6 is 0 Å². The van der Waals surface area contributed by atoms with Gasteiger partial charge in [0.15, 0.2) is 0 Å². The average Bonchev–Trinajstić information content (AvgIpc) is 2.58. The molecule has 1 rings (SSSR count). The van der Waals surface area contributed by atoms with Crippen LogP contribution in [0.15, 0.2) is 48.6 Å². The molecule has 0 radical (unpaired) electrons. The van der Waals surface area contributed by atoms with Crippen molar-refractivity contribution in [2.45, 2.75) is 45.8 Å². The van der Waals surface area contributed by atoms with Crippen molar-refractivity contribution < 1.29 is 18.3 Å². The fourth-order valence-corrected chi connectivity index (χ4v) is 2.37. The van der Waals surface area contributed by atoms with E-state index < -0.39 is 11.7 Å². The summed E-state index contributed by atoms with van der Waals surface area (Å²) in [6, 6.07) is 5.35. The van der Waals surface area contributed by atoms with Crippen LogP contribution in [0.5, 0.6) is 5.75 Å². The minimum absolute atomic E-state index is 0.0000229. The number of nitrogens with one attached hydrogen (secondary N) is 1. The molecule has 0 heterocycles. The lowest BCUT2D eigenvalue weighted by Gasteiger charge is -2.13. The predicted octanol–water partition coefficient (Wildman–Crippen LogP) is 5.65. The Hall–Kier alpha value is -2.01. The molecule has 0 aliphatic rings. The first-order valence-electron chi connectivity index (χ1n) is 8.74.